The van der Waals surface area contributed by atoms with Crippen molar-refractivity contribution >= 4 is 17.5 Å². The van der Waals surface area contributed by atoms with Crippen molar-refractivity contribution in [2.45, 2.75) is 38.3 Å². The number of aliphatic hydroxyl groups excluding tert-OH is 1. The monoisotopic (exact) mass is 426 g/mol. The lowest BCUT2D eigenvalue weighted by Crippen LogP contribution is -2.48. The second-order valence-corrected chi connectivity index (χ2v) is 8.27. The Morgan fingerprint density at radius 2 is 2.00 bits per heavy atom. The molecule has 0 spiro atoms. The quantitative estimate of drug-likeness (QED) is 0.786. The molecule has 4 rings (SSSR count). The van der Waals surface area contributed by atoms with E-state index in [1.807, 2.05) is 11.8 Å². The number of carbonyl (C=O) groups is 2. The number of hydrogen-bond donors (Lipinski definition) is 2. The lowest BCUT2D eigenvalue weighted by molar-refractivity contribution is -0.0589. The summed E-state index contributed by atoms with van der Waals surface area (Å²) < 4.78 is 19.5. The molecule has 0 radical (unpaired) electrons. The van der Waals surface area contributed by atoms with Crippen molar-refractivity contribution in [2.75, 3.05) is 25.1 Å². The zero-order valence-corrected chi connectivity index (χ0v) is 17.5. The summed E-state index contributed by atoms with van der Waals surface area (Å²) in [5, 5.41) is 13.1. The Hall–Kier alpha value is -2.77. The summed E-state index contributed by atoms with van der Waals surface area (Å²) in [5.41, 5.74) is 1.64. The minimum Gasteiger partial charge on any atom is -0.393 e. The molecule has 2 heterocycles. The van der Waals surface area contributed by atoms with Gasteiger partial charge in [-0.1, -0.05) is 18.2 Å². The average Bonchev–Trinajstić information content (AvgIpc) is 3.25. The van der Waals surface area contributed by atoms with E-state index >= 15 is 0 Å². The first-order valence-corrected chi connectivity index (χ1v) is 10.7. The average molecular weight is 426 g/mol. The molecule has 2 aliphatic rings. The number of amides is 2. The van der Waals surface area contributed by atoms with Crippen molar-refractivity contribution in [3.8, 4) is 0 Å². The summed E-state index contributed by atoms with van der Waals surface area (Å²) in [6, 6.07) is 10.9. The van der Waals surface area contributed by atoms with Crippen LogP contribution in [0.15, 0.2) is 42.5 Å². The maximum absolute atomic E-state index is 14.0. The standard InChI is InChI=1S/C24H27FN2O4/c1-15-8-9-16(13-20(15)26-23(29)17-5-2-3-6-19(17)25)24(30)27-11-4-7-21(27)18-14-31-12-10-22(18)28/h2-3,5-6,8-9,13,18,21-22,28H,4,7,10-12,14H2,1H3,(H,26,29)/t18-,21+,22+/m0/s1. The predicted molar refractivity (Wildman–Crippen MR) is 115 cm³/mol. The van der Waals surface area contributed by atoms with Crippen LogP contribution in [0.5, 0.6) is 0 Å². The fourth-order valence-corrected chi connectivity index (χ4v) is 4.50. The molecule has 2 aliphatic heterocycles. The minimum absolute atomic E-state index is 0.0514. The lowest BCUT2D eigenvalue weighted by atomic mass is 9.89. The van der Waals surface area contributed by atoms with Crippen LogP contribution in [0.25, 0.3) is 0 Å². The van der Waals surface area contributed by atoms with E-state index in [4.69, 9.17) is 4.74 Å². The molecular formula is C24H27FN2O4. The maximum atomic E-state index is 14.0. The topological polar surface area (TPSA) is 78.9 Å². The SMILES string of the molecule is Cc1ccc(C(=O)N2CCC[C@@H]2[C@@H]2COCC[C@H]2O)cc1NC(=O)c1ccccc1F. The number of rotatable bonds is 4. The Labute approximate surface area is 181 Å². The van der Waals surface area contributed by atoms with Crippen molar-refractivity contribution in [2.24, 2.45) is 5.92 Å². The Balaban J connectivity index is 1.54. The number of hydrogen-bond acceptors (Lipinski definition) is 4. The molecule has 0 saturated carbocycles. The Morgan fingerprint density at radius 3 is 2.77 bits per heavy atom. The number of ether oxygens (including phenoxy) is 1. The van der Waals surface area contributed by atoms with Gasteiger partial charge < -0.3 is 20.1 Å². The van der Waals surface area contributed by atoms with E-state index in [2.05, 4.69) is 5.32 Å². The van der Waals surface area contributed by atoms with Crippen LogP contribution in [-0.2, 0) is 4.74 Å². The van der Waals surface area contributed by atoms with E-state index in [0.29, 0.717) is 37.4 Å². The van der Waals surface area contributed by atoms with E-state index in [1.54, 1.807) is 24.3 Å². The van der Waals surface area contributed by atoms with Gasteiger partial charge >= 0.3 is 0 Å². The normalized spacial score (nSPS) is 23.6. The second-order valence-electron chi connectivity index (χ2n) is 8.27. The van der Waals surface area contributed by atoms with Crippen molar-refractivity contribution in [3.05, 3.63) is 65.0 Å². The van der Waals surface area contributed by atoms with Crippen LogP contribution in [0.2, 0.25) is 0 Å². The number of nitrogens with zero attached hydrogens (tertiary/aromatic N) is 1. The molecule has 0 aromatic heterocycles. The maximum Gasteiger partial charge on any atom is 0.258 e. The van der Waals surface area contributed by atoms with Gasteiger partial charge in [0.2, 0.25) is 0 Å². The van der Waals surface area contributed by atoms with Gasteiger partial charge in [-0.3, -0.25) is 9.59 Å². The van der Waals surface area contributed by atoms with Gasteiger partial charge in [0, 0.05) is 36.4 Å². The number of anilines is 1. The molecule has 2 aromatic rings. The molecule has 0 aliphatic carbocycles. The molecule has 2 amide bonds. The smallest absolute Gasteiger partial charge is 0.258 e. The first-order valence-electron chi connectivity index (χ1n) is 10.7. The summed E-state index contributed by atoms with van der Waals surface area (Å²) in [7, 11) is 0. The van der Waals surface area contributed by atoms with Crippen LogP contribution in [0.1, 0.15) is 45.5 Å². The molecule has 0 bridgehead atoms. The Kier molecular flexibility index (Phi) is 6.34. The lowest BCUT2D eigenvalue weighted by Gasteiger charge is -2.37. The Bertz CT molecular complexity index is 980. The zero-order chi connectivity index (χ0) is 22.0. The molecule has 164 valence electrons. The van der Waals surface area contributed by atoms with Crippen LogP contribution in [-0.4, -0.2) is 53.7 Å². The fraction of sp³-hybridized carbons (Fsp3) is 0.417. The predicted octanol–water partition coefficient (Wildman–Crippen LogP) is 3.39. The summed E-state index contributed by atoms with van der Waals surface area (Å²) in [6.45, 7) is 3.44. The van der Waals surface area contributed by atoms with Crippen LogP contribution >= 0.6 is 0 Å². The van der Waals surface area contributed by atoms with Crippen molar-refractivity contribution in [1.29, 1.82) is 0 Å². The van der Waals surface area contributed by atoms with Gasteiger partial charge in [-0.05, 0) is 56.0 Å². The number of benzene rings is 2. The van der Waals surface area contributed by atoms with E-state index in [-0.39, 0.29) is 23.4 Å². The van der Waals surface area contributed by atoms with Crippen LogP contribution in [0, 0.1) is 18.7 Å². The highest BCUT2D eigenvalue weighted by molar-refractivity contribution is 6.05. The van der Waals surface area contributed by atoms with Crippen molar-refractivity contribution in [3.63, 3.8) is 0 Å². The Morgan fingerprint density at radius 1 is 1.19 bits per heavy atom. The largest absolute Gasteiger partial charge is 0.393 e. The summed E-state index contributed by atoms with van der Waals surface area (Å²) in [4.78, 5) is 27.7. The molecule has 3 atom stereocenters. The van der Waals surface area contributed by atoms with Gasteiger partial charge in [0.15, 0.2) is 0 Å². The van der Waals surface area contributed by atoms with Crippen LogP contribution < -0.4 is 5.32 Å². The molecule has 7 heteroatoms. The van der Waals surface area contributed by atoms with Crippen LogP contribution in [0.3, 0.4) is 0 Å². The van der Waals surface area contributed by atoms with Gasteiger partial charge in [-0.2, -0.15) is 0 Å². The molecule has 2 N–H and O–H groups in total. The van der Waals surface area contributed by atoms with E-state index < -0.39 is 17.8 Å². The number of aryl methyl sites for hydroxylation is 1. The summed E-state index contributed by atoms with van der Waals surface area (Å²) in [6.07, 6.45) is 1.82. The van der Waals surface area contributed by atoms with Crippen molar-refractivity contribution < 1.29 is 23.8 Å². The highest BCUT2D eigenvalue weighted by Crippen LogP contribution is 2.31. The molecule has 2 fully saturated rings. The third-order valence-electron chi connectivity index (χ3n) is 6.27. The summed E-state index contributed by atoms with van der Waals surface area (Å²) >= 11 is 0. The third kappa shape index (κ3) is 4.48. The third-order valence-corrected chi connectivity index (χ3v) is 6.27. The van der Waals surface area contributed by atoms with Gasteiger partial charge in [0.25, 0.3) is 11.8 Å². The molecular weight excluding hydrogens is 399 g/mol. The zero-order valence-electron chi connectivity index (χ0n) is 17.5. The van der Waals surface area contributed by atoms with Gasteiger partial charge in [0.1, 0.15) is 5.82 Å². The second kappa shape index (κ2) is 9.16. The van der Waals surface area contributed by atoms with E-state index in [0.717, 1.165) is 18.4 Å². The molecule has 6 nitrogen and oxygen atoms in total. The number of halogens is 1. The van der Waals surface area contributed by atoms with Gasteiger partial charge in [-0.15, -0.1) is 0 Å². The van der Waals surface area contributed by atoms with Gasteiger partial charge in [-0.25, -0.2) is 4.39 Å². The minimum atomic E-state index is -0.599. The first kappa shape index (κ1) is 21.5. The fourth-order valence-electron chi connectivity index (χ4n) is 4.50. The van der Waals surface area contributed by atoms with E-state index in [1.165, 1.54) is 18.2 Å². The number of likely N-dealkylation sites (tertiary alicyclic amines) is 1. The molecule has 31 heavy (non-hydrogen) atoms. The van der Waals surface area contributed by atoms with E-state index in [9.17, 15) is 19.1 Å². The highest BCUT2D eigenvalue weighted by atomic mass is 19.1. The number of aliphatic hydroxyl groups is 1. The molecule has 0 unspecified atom stereocenters. The number of carbonyl (C=O) groups excluding carboxylic acids is 2. The van der Waals surface area contributed by atoms with Crippen molar-refractivity contribution in [1.82, 2.24) is 4.90 Å². The number of nitrogens with one attached hydrogen (secondary N) is 1. The first-order chi connectivity index (χ1) is 15.0. The molecule has 2 aromatic carbocycles. The molecule has 2 saturated heterocycles. The van der Waals surface area contributed by atoms with Crippen LogP contribution in [0.4, 0.5) is 10.1 Å². The highest BCUT2D eigenvalue weighted by Gasteiger charge is 2.39. The summed E-state index contributed by atoms with van der Waals surface area (Å²) in [5.74, 6) is -1.39. The van der Waals surface area contributed by atoms with Gasteiger partial charge in [0.05, 0.1) is 18.3 Å².